The molecule has 1 aliphatic carbocycles. The molecule has 4 rings (SSSR count). The number of aromatic nitrogens is 3. The molecule has 0 saturated heterocycles. The molecule has 9 nitrogen and oxygen atoms in total. The summed E-state index contributed by atoms with van der Waals surface area (Å²) in [7, 11) is 1.64. The molecule has 9 heteroatoms. The molecule has 1 amide bonds. The van der Waals surface area contributed by atoms with E-state index in [-0.39, 0.29) is 13.2 Å². The number of carboxylic acid groups (broad SMARTS) is 1. The standard InChI is InChI=1S/C17H14N4O.C3H7NO3/c1-22-15-8-7-14(13-4-2-3-11(9-13)10-18)21-17(15)19-16(20-21)12-5-6-12;5-2-1-4-3(6)7/h2-4,7-9,12H,5-6H2,1H3;4-5H,1-2H2,(H,6,7). The Morgan fingerprint density at radius 2 is 2.17 bits per heavy atom. The van der Waals surface area contributed by atoms with Crippen molar-refractivity contribution in [2.75, 3.05) is 20.3 Å². The maximum absolute atomic E-state index is 9.54. The topological polar surface area (TPSA) is 133 Å². The molecule has 0 spiro atoms. The number of pyridine rings is 1. The van der Waals surface area contributed by atoms with E-state index >= 15 is 0 Å². The predicted octanol–water partition coefficient (Wildman–Crippen LogP) is 2.40. The number of methoxy groups -OCH3 is 1. The smallest absolute Gasteiger partial charge is 0.404 e. The van der Waals surface area contributed by atoms with Gasteiger partial charge in [-0.15, -0.1) is 0 Å². The fourth-order valence-corrected chi connectivity index (χ4v) is 2.76. The summed E-state index contributed by atoms with van der Waals surface area (Å²) in [4.78, 5) is 14.2. The highest BCUT2D eigenvalue weighted by atomic mass is 16.5. The summed E-state index contributed by atoms with van der Waals surface area (Å²) < 4.78 is 7.22. The number of nitriles is 1. The summed E-state index contributed by atoms with van der Waals surface area (Å²) in [6.07, 6.45) is 1.20. The lowest BCUT2D eigenvalue weighted by atomic mass is 10.1. The van der Waals surface area contributed by atoms with Crippen molar-refractivity contribution >= 4 is 11.7 Å². The molecule has 0 bridgehead atoms. The molecular formula is C20H21N5O4. The van der Waals surface area contributed by atoms with Gasteiger partial charge in [0.25, 0.3) is 0 Å². The van der Waals surface area contributed by atoms with Gasteiger partial charge in [0, 0.05) is 18.0 Å². The highest BCUT2D eigenvalue weighted by Crippen LogP contribution is 2.39. The Hall–Kier alpha value is -3.64. The Morgan fingerprint density at radius 1 is 1.38 bits per heavy atom. The van der Waals surface area contributed by atoms with E-state index in [1.54, 1.807) is 13.2 Å². The number of aliphatic hydroxyl groups is 1. The quantitative estimate of drug-likeness (QED) is 0.604. The molecule has 1 aromatic carbocycles. The molecule has 0 radical (unpaired) electrons. The van der Waals surface area contributed by atoms with Crippen LogP contribution in [0.2, 0.25) is 0 Å². The molecular weight excluding hydrogens is 374 g/mol. The van der Waals surface area contributed by atoms with Gasteiger partial charge in [-0.05, 0) is 37.1 Å². The average molecular weight is 395 g/mol. The Labute approximate surface area is 167 Å². The van der Waals surface area contributed by atoms with Crippen molar-refractivity contribution in [3.8, 4) is 23.1 Å². The fourth-order valence-electron chi connectivity index (χ4n) is 2.76. The maximum Gasteiger partial charge on any atom is 0.404 e. The summed E-state index contributed by atoms with van der Waals surface area (Å²) in [5, 5.41) is 31.5. The second kappa shape index (κ2) is 9.03. The third-order valence-electron chi connectivity index (χ3n) is 4.30. The number of nitrogens with one attached hydrogen (secondary N) is 1. The summed E-state index contributed by atoms with van der Waals surface area (Å²) in [5.74, 6) is 2.06. The first kappa shape index (κ1) is 20.1. The van der Waals surface area contributed by atoms with E-state index in [0.717, 1.165) is 35.6 Å². The monoisotopic (exact) mass is 395 g/mol. The number of amides is 1. The first-order valence-electron chi connectivity index (χ1n) is 9.09. The van der Waals surface area contributed by atoms with Gasteiger partial charge in [-0.1, -0.05) is 12.1 Å². The molecule has 2 aromatic heterocycles. The number of hydrogen-bond acceptors (Lipinski definition) is 6. The summed E-state index contributed by atoms with van der Waals surface area (Å²) >= 11 is 0. The van der Waals surface area contributed by atoms with Gasteiger partial charge in [-0.3, -0.25) is 0 Å². The van der Waals surface area contributed by atoms with Crippen LogP contribution in [0.4, 0.5) is 4.79 Å². The molecule has 29 heavy (non-hydrogen) atoms. The highest BCUT2D eigenvalue weighted by Gasteiger charge is 2.29. The Kier molecular flexibility index (Phi) is 6.26. The Morgan fingerprint density at radius 3 is 2.76 bits per heavy atom. The molecule has 1 fully saturated rings. The van der Waals surface area contributed by atoms with Crippen molar-refractivity contribution < 1.29 is 19.7 Å². The second-order valence-electron chi connectivity index (χ2n) is 6.41. The van der Waals surface area contributed by atoms with Crippen molar-refractivity contribution in [3.05, 3.63) is 47.8 Å². The normalized spacial score (nSPS) is 12.6. The van der Waals surface area contributed by atoms with E-state index in [1.807, 2.05) is 40.2 Å². The molecule has 150 valence electrons. The van der Waals surface area contributed by atoms with Crippen LogP contribution < -0.4 is 10.1 Å². The van der Waals surface area contributed by atoms with E-state index in [1.165, 1.54) is 0 Å². The molecule has 3 aromatic rings. The maximum atomic E-state index is 9.54. The predicted molar refractivity (Wildman–Crippen MR) is 105 cm³/mol. The zero-order chi connectivity index (χ0) is 20.8. The van der Waals surface area contributed by atoms with Crippen molar-refractivity contribution in [3.63, 3.8) is 0 Å². The van der Waals surface area contributed by atoms with Crippen LogP contribution in [-0.2, 0) is 0 Å². The van der Waals surface area contributed by atoms with Crippen molar-refractivity contribution in [2.24, 2.45) is 0 Å². The van der Waals surface area contributed by atoms with E-state index in [2.05, 4.69) is 16.2 Å². The van der Waals surface area contributed by atoms with Crippen molar-refractivity contribution in [2.45, 2.75) is 18.8 Å². The van der Waals surface area contributed by atoms with Crippen molar-refractivity contribution in [1.82, 2.24) is 19.9 Å². The summed E-state index contributed by atoms with van der Waals surface area (Å²) in [6.45, 7) is -0.0400. The van der Waals surface area contributed by atoms with Crippen LogP contribution in [0, 0.1) is 11.3 Å². The molecule has 1 saturated carbocycles. The molecule has 0 unspecified atom stereocenters. The van der Waals surface area contributed by atoms with Gasteiger partial charge in [0.05, 0.1) is 31.0 Å². The fraction of sp³-hybridized carbons (Fsp3) is 0.300. The van der Waals surface area contributed by atoms with Crippen LogP contribution in [0.15, 0.2) is 36.4 Å². The lowest BCUT2D eigenvalue weighted by Gasteiger charge is -2.07. The lowest BCUT2D eigenvalue weighted by Crippen LogP contribution is -2.23. The zero-order valence-electron chi connectivity index (χ0n) is 15.9. The molecule has 1 aliphatic rings. The van der Waals surface area contributed by atoms with Crippen LogP contribution in [0.3, 0.4) is 0 Å². The number of ether oxygens (including phenoxy) is 1. The van der Waals surface area contributed by atoms with E-state index in [0.29, 0.717) is 17.2 Å². The minimum Gasteiger partial charge on any atom is -0.493 e. The summed E-state index contributed by atoms with van der Waals surface area (Å²) in [5.41, 5.74) is 3.21. The number of benzene rings is 1. The summed E-state index contributed by atoms with van der Waals surface area (Å²) in [6, 6.07) is 13.5. The molecule has 3 N–H and O–H groups in total. The van der Waals surface area contributed by atoms with E-state index < -0.39 is 6.09 Å². The third-order valence-corrected chi connectivity index (χ3v) is 4.30. The van der Waals surface area contributed by atoms with Crippen LogP contribution >= 0.6 is 0 Å². The lowest BCUT2D eigenvalue weighted by molar-refractivity contribution is 0.190. The van der Waals surface area contributed by atoms with Crippen LogP contribution in [-0.4, -0.2) is 51.2 Å². The van der Waals surface area contributed by atoms with Crippen LogP contribution in [0.25, 0.3) is 16.9 Å². The van der Waals surface area contributed by atoms with Crippen LogP contribution in [0.1, 0.15) is 30.1 Å². The number of aliphatic hydroxyl groups excluding tert-OH is 1. The zero-order valence-corrected chi connectivity index (χ0v) is 15.9. The largest absolute Gasteiger partial charge is 0.493 e. The van der Waals surface area contributed by atoms with Gasteiger partial charge in [-0.2, -0.15) is 10.4 Å². The number of carbonyl (C=O) groups is 1. The first-order valence-corrected chi connectivity index (χ1v) is 9.09. The number of fused-ring (bicyclic) bond motifs is 1. The minimum absolute atomic E-state index is 0.106. The molecule has 0 aliphatic heterocycles. The van der Waals surface area contributed by atoms with Gasteiger partial charge < -0.3 is 20.3 Å². The first-order chi connectivity index (χ1) is 14.1. The molecule has 0 atom stereocenters. The van der Waals surface area contributed by atoms with Crippen LogP contribution in [0.5, 0.6) is 5.75 Å². The van der Waals surface area contributed by atoms with Gasteiger partial charge in [0.2, 0.25) is 0 Å². The van der Waals surface area contributed by atoms with E-state index in [9.17, 15) is 4.79 Å². The SMILES string of the molecule is COc1ccc(-c2cccc(C#N)c2)n2nc(C3CC3)nc12.O=C(O)NCCO. The highest BCUT2D eigenvalue weighted by molar-refractivity contribution is 5.68. The number of hydrogen-bond donors (Lipinski definition) is 3. The molecule has 2 heterocycles. The third kappa shape index (κ3) is 4.80. The average Bonchev–Trinajstić information content (AvgIpc) is 3.50. The second-order valence-corrected chi connectivity index (χ2v) is 6.41. The number of rotatable bonds is 5. The van der Waals surface area contributed by atoms with Crippen molar-refractivity contribution in [1.29, 1.82) is 5.26 Å². The minimum atomic E-state index is -1.10. The van der Waals surface area contributed by atoms with E-state index in [4.69, 9.17) is 20.2 Å². The Balaban J connectivity index is 0.000000298. The van der Waals surface area contributed by atoms with Gasteiger partial charge in [0.15, 0.2) is 17.2 Å². The number of nitrogens with zero attached hydrogens (tertiary/aromatic N) is 4. The van der Waals surface area contributed by atoms with Gasteiger partial charge in [-0.25, -0.2) is 14.3 Å². The van der Waals surface area contributed by atoms with Gasteiger partial charge in [0.1, 0.15) is 0 Å². The Bertz CT molecular complexity index is 1050. The van der Waals surface area contributed by atoms with Gasteiger partial charge >= 0.3 is 6.09 Å².